The molecule has 5 heteroatoms. The van der Waals surface area contributed by atoms with Crippen LogP contribution in [0.2, 0.25) is 5.02 Å². The van der Waals surface area contributed by atoms with Gasteiger partial charge in [0.05, 0.1) is 0 Å². The van der Waals surface area contributed by atoms with Crippen molar-refractivity contribution in [3.63, 3.8) is 0 Å². The molecule has 0 amide bonds. The molecule has 0 aromatic heterocycles. The van der Waals surface area contributed by atoms with E-state index >= 15 is 0 Å². The Morgan fingerprint density at radius 3 is 2.24 bits per heavy atom. The lowest BCUT2D eigenvalue weighted by Crippen LogP contribution is -2.76. The van der Waals surface area contributed by atoms with Crippen LogP contribution in [0.15, 0.2) is 95.5 Å². The molecule has 0 fully saturated rings. The van der Waals surface area contributed by atoms with Gasteiger partial charge in [-0.2, -0.15) is 0 Å². The second-order valence-corrected chi connectivity index (χ2v) is 13.3. The summed E-state index contributed by atoms with van der Waals surface area (Å²) in [5.41, 5.74) is 0. The average Bonchev–Trinajstić information content (AvgIpc) is 2.72. The van der Waals surface area contributed by atoms with Crippen molar-refractivity contribution in [1.29, 1.82) is 0 Å². The molecule has 142 valence electrons. The summed E-state index contributed by atoms with van der Waals surface area (Å²) in [6.45, 7) is 0. The molecule has 0 saturated carbocycles. The molecule has 0 N–H and O–H groups in total. The summed E-state index contributed by atoms with van der Waals surface area (Å²) in [4.78, 5) is 0. The van der Waals surface area contributed by atoms with Crippen molar-refractivity contribution >= 4 is 78.9 Å². The van der Waals surface area contributed by atoms with Crippen molar-refractivity contribution in [3.8, 4) is 11.5 Å². The van der Waals surface area contributed by atoms with Crippen molar-refractivity contribution in [2.75, 3.05) is 0 Å². The third-order valence-electron chi connectivity index (χ3n) is 5.37. The molecule has 0 bridgehead atoms. The number of hydrogen-bond acceptors (Lipinski definition) is 1. The van der Waals surface area contributed by atoms with Gasteiger partial charge in [0.1, 0.15) is 11.5 Å². The predicted octanol–water partition coefficient (Wildman–Crippen LogP) is 5.19. The van der Waals surface area contributed by atoms with Gasteiger partial charge in [-0.1, -0.05) is 76.1 Å². The fourth-order valence-electron chi connectivity index (χ4n) is 4.25. The molecular formula is C24H15BrClIOSi. The lowest BCUT2D eigenvalue weighted by Gasteiger charge is -2.39. The van der Waals surface area contributed by atoms with Gasteiger partial charge in [0.15, 0.2) is 8.07 Å². The molecule has 0 spiro atoms. The summed E-state index contributed by atoms with van der Waals surface area (Å²) >= 11 is 12.5. The minimum absolute atomic E-state index is 0.683. The van der Waals surface area contributed by atoms with Gasteiger partial charge in [0, 0.05) is 13.1 Å². The van der Waals surface area contributed by atoms with Gasteiger partial charge in [0.25, 0.3) is 0 Å². The first kappa shape index (κ1) is 19.4. The van der Waals surface area contributed by atoms with E-state index in [1.807, 2.05) is 18.2 Å². The Labute approximate surface area is 198 Å². The van der Waals surface area contributed by atoms with Gasteiger partial charge in [-0.25, -0.2) is 0 Å². The summed E-state index contributed by atoms with van der Waals surface area (Å²) in [6, 6.07) is 32.1. The third-order valence-corrected chi connectivity index (χ3v) is 11.6. The standard InChI is InChI=1S/C24H15BrClIOSi/c25-16-5-3-7-19(13-16)29(20-8-4-6-18(27)15-20)23-10-2-1-9-21(23)28-22-14-17(26)11-12-24(22)29/h1-15H. The summed E-state index contributed by atoms with van der Waals surface area (Å²) in [5.74, 6) is 1.76. The average molecular weight is 590 g/mol. The van der Waals surface area contributed by atoms with Gasteiger partial charge < -0.3 is 4.74 Å². The van der Waals surface area contributed by atoms with Crippen LogP contribution in [0.4, 0.5) is 0 Å². The maximum atomic E-state index is 6.37. The SMILES string of the molecule is Clc1ccc2c(c1)Oc1ccccc1[Si]2(c1cccc(Br)c1)c1cccc(I)c1. The number of halogens is 3. The van der Waals surface area contributed by atoms with E-state index in [0.29, 0.717) is 5.02 Å². The van der Waals surface area contributed by atoms with Gasteiger partial charge in [-0.05, 0) is 85.8 Å². The van der Waals surface area contributed by atoms with Crippen LogP contribution >= 0.6 is 50.1 Å². The highest BCUT2D eigenvalue weighted by molar-refractivity contribution is 14.1. The van der Waals surface area contributed by atoms with E-state index in [4.69, 9.17) is 16.3 Å². The van der Waals surface area contributed by atoms with Gasteiger partial charge in [-0.15, -0.1) is 0 Å². The zero-order chi connectivity index (χ0) is 20.0. The number of ether oxygens (including phenoxy) is 1. The van der Waals surface area contributed by atoms with Crippen LogP contribution in [0.5, 0.6) is 11.5 Å². The van der Waals surface area contributed by atoms with E-state index in [9.17, 15) is 0 Å². The highest BCUT2D eigenvalue weighted by atomic mass is 127. The zero-order valence-electron chi connectivity index (χ0n) is 15.2. The molecule has 29 heavy (non-hydrogen) atoms. The highest BCUT2D eigenvalue weighted by Gasteiger charge is 2.48. The van der Waals surface area contributed by atoms with E-state index in [0.717, 1.165) is 16.0 Å². The molecule has 4 aromatic rings. The Morgan fingerprint density at radius 2 is 1.45 bits per heavy atom. The monoisotopic (exact) mass is 588 g/mol. The summed E-state index contributed by atoms with van der Waals surface area (Å²) in [6.07, 6.45) is 0. The largest absolute Gasteiger partial charge is 0.457 e. The number of hydrogen-bond donors (Lipinski definition) is 0. The van der Waals surface area contributed by atoms with Crippen molar-refractivity contribution in [3.05, 3.63) is 104 Å². The van der Waals surface area contributed by atoms with Crippen molar-refractivity contribution in [2.45, 2.75) is 0 Å². The first-order valence-corrected chi connectivity index (χ1v) is 13.4. The van der Waals surface area contributed by atoms with E-state index in [2.05, 4.69) is 111 Å². The summed E-state index contributed by atoms with van der Waals surface area (Å²) in [5, 5.41) is 5.81. The summed E-state index contributed by atoms with van der Waals surface area (Å²) < 4.78 is 8.65. The Balaban J connectivity index is 1.98. The first-order valence-electron chi connectivity index (χ1n) is 9.18. The van der Waals surface area contributed by atoms with Gasteiger partial charge in [-0.3, -0.25) is 0 Å². The second kappa shape index (κ2) is 7.58. The lowest BCUT2D eigenvalue weighted by molar-refractivity contribution is 0.487. The fourth-order valence-corrected chi connectivity index (χ4v) is 10.8. The predicted molar refractivity (Wildman–Crippen MR) is 136 cm³/mol. The molecule has 1 unspecified atom stereocenters. The van der Waals surface area contributed by atoms with Crippen LogP contribution in [0, 0.1) is 3.57 Å². The van der Waals surface area contributed by atoms with E-state index < -0.39 is 8.07 Å². The van der Waals surface area contributed by atoms with Crippen LogP contribution in [0.25, 0.3) is 0 Å². The number of fused-ring (bicyclic) bond motifs is 2. The molecule has 0 saturated heterocycles. The van der Waals surface area contributed by atoms with Gasteiger partial charge >= 0.3 is 0 Å². The molecule has 0 radical (unpaired) electrons. The Hall–Kier alpha value is -1.60. The van der Waals surface area contributed by atoms with E-state index in [1.54, 1.807) is 0 Å². The van der Waals surface area contributed by atoms with Crippen LogP contribution in [0.3, 0.4) is 0 Å². The van der Waals surface area contributed by atoms with Gasteiger partial charge in [0.2, 0.25) is 0 Å². The molecule has 1 aliphatic heterocycles. The number of rotatable bonds is 2. The Kier molecular flexibility index (Phi) is 5.06. The van der Waals surface area contributed by atoms with Crippen LogP contribution < -0.4 is 25.5 Å². The van der Waals surface area contributed by atoms with Crippen molar-refractivity contribution < 1.29 is 4.74 Å². The Bertz CT molecular complexity index is 1200. The van der Waals surface area contributed by atoms with Crippen molar-refractivity contribution in [2.24, 2.45) is 0 Å². The maximum absolute atomic E-state index is 6.37. The van der Waals surface area contributed by atoms with E-state index in [-0.39, 0.29) is 0 Å². The van der Waals surface area contributed by atoms with Crippen LogP contribution in [0.1, 0.15) is 0 Å². The molecule has 5 rings (SSSR count). The highest BCUT2D eigenvalue weighted by Crippen LogP contribution is 2.31. The van der Waals surface area contributed by atoms with E-state index in [1.165, 1.54) is 24.3 Å². The summed E-state index contributed by atoms with van der Waals surface area (Å²) in [7, 11) is -2.58. The zero-order valence-corrected chi connectivity index (χ0v) is 20.7. The molecule has 4 aromatic carbocycles. The van der Waals surface area contributed by atoms with Crippen LogP contribution in [-0.4, -0.2) is 8.07 Å². The fraction of sp³-hybridized carbons (Fsp3) is 0. The molecule has 1 aliphatic rings. The first-order chi connectivity index (χ1) is 14.1. The molecule has 1 atom stereocenters. The lowest BCUT2D eigenvalue weighted by atomic mass is 10.3. The number of benzene rings is 4. The quantitative estimate of drug-likeness (QED) is 0.204. The molecule has 1 heterocycles. The van der Waals surface area contributed by atoms with Crippen LogP contribution in [-0.2, 0) is 0 Å². The normalized spacial score (nSPS) is 17.2. The third kappa shape index (κ3) is 3.17. The topological polar surface area (TPSA) is 9.23 Å². The number of para-hydroxylation sites is 1. The molecular weight excluding hydrogens is 575 g/mol. The Morgan fingerprint density at radius 1 is 0.724 bits per heavy atom. The minimum Gasteiger partial charge on any atom is -0.457 e. The minimum atomic E-state index is -2.58. The molecule has 1 nitrogen and oxygen atoms in total. The maximum Gasteiger partial charge on any atom is 0.188 e. The smallest absolute Gasteiger partial charge is 0.188 e. The van der Waals surface area contributed by atoms with Crippen molar-refractivity contribution in [1.82, 2.24) is 0 Å². The molecule has 0 aliphatic carbocycles. The second-order valence-electron chi connectivity index (χ2n) is 7.01.